The number of carbonyl (C=O) groups excluding carboxylic acids is 1. The second-order valence-electron chi connectivity index (χ2n) is 5.47. The first kappa shape index (κ1) is 13.0. The molecule has 1 amide bonds. The second-order valence-corrected chi connectivity index (χ2v) is 5.47. The van der Waals surface area contributed by atoms with E-state index in [4.69, 9.17) is 5.73 Å². The van der Waals surface area contributed by atoms with E-state index in [9.17, 15) is 13.6 Å². The van der Waals surface area contributed by atoms with Crippen LogP contribution in [0.25, 0.3) is 0 Å². The fourth-order valence-electron chi connectivity index (χ4n) is 2.13. The summed E-state index contributed by atoms with van der Waals surface area (Å²) >= 11 is 0. The number of alkyl halides is 2. The number of hydrogen-bond donors (Lipinski definition) is 2. The molecule has 3 nitrogen and oxygen atoms in total. The normalized spacial score (nSPS) is 15.5. The molecule has 1 aliphatic heterocycles. The summed E-state index contributed by atoms with van der Waals surface area (Å²) in [5, 5.41) is 2.62. The first-order valence-electron chi connectivity index (χ1n) is 5.77. The molecule has 2 rings (SSSR count). The Morgan fingerprint density at radius 2 is 2.06 bits per heavy atom. The van der Waals surface area contributed by atoms with Gasteiger partial charge in [0.05, 0.1) is 6.42 Å². The van der Waals surface area contributed by atoms with Gasteiger partial charge in [-0.25, -0.2) is 8.78 Å². The van der Waals surface area contributed by atoms with Gasteiger partial charge in [-0.1, -0.05) is 6.07 Å². The molecule has 0 saturated carbocycles. The number of fused-ring (bicyclic) bond motifs is 1. The fourth-order valence-corrected chi connectivity index (χ4v) is 2.13. The summed E-state index contributed by atoms with van der Waals surface area (Å²) in [5.74, 6) is -3.15. The lowest BCUT2D eigenvalue weighted by Gasteiger charge is -2.26. The van der Waals surface area contributed by atoms with E-state index in [2.05, 4.69) is 5.32 Å². The van der Waals surface area contributed by atoms with Gasteiger partial charge in [-0.05, 0) is 31.5 Å². The molecule has 1 aromatic rings. The molecule has 0 saturated heterocycles. The Kier molecular flexibility index (Phi) is 2.89. The highest BCUT2D eigenvalue weighted by Crippen LogP contribution is 2.37. The first-order valence-corrected chi connectivity index (χ1v) is 5.77. The third kappa shape index (κ3) is 2.67. The monoisotopic (exact) mass is 254 g/mol. The summed E-state index contributed by atoms with van der Waals surface area (Å²) in [6, 6.07) is 4.25. The average molecular weight is 254 g/mol. The number of halogens is 2. The van der Waals surface area contributed by atoms with Crippen LogP contribution in [0.1, 0.15) is 31.4 Å². The zero-order chi connectivity index (χ0) is 13.6. The van der Waals surface area contributed by atoms with Crippen LogP contribution in [0, 0.1) is 0 Å². The van der Waals surface area contributed by atoms with Crippen molar-refractivity contribution in [2.75, 3.05) is 5.32 Å². The summed E-state index contributed by atoms with van der Waals surface area (Å²) < 4.78 is 28.1. The first-order chi connectivity index (χ1) is 8.17. The average Bonchev–Trinajstić information content (AvgIpc) is 2.52. The minimum atomic E-state index is -2.99. The molecule has 1 aromatic carbocycles. The number of anilines is 1. The molecule has 0 aromatic heterocycles. The highest BCUT2D eigenvalue weighted by molar-refractivity contribution is 5.99. The number of hydrogen-bond acceptors (Lipinski definition) is 2. The molecule has 0 spiro atoms. The highest BCUT2D eigenvalue weighted by atomic mass is 19.3. The largest absolute Gasteiger partial charge is 0.326 e. The van der Waals surface area contributed by atoms with E-state index >= 15 is 0 Å². The summed E-state index contributed by atoms with van der Waals surface area (Å²) in [5.41, 5.74) is 5.85. The maximum atomic E-state index is 14.0. The lowest BCUT2D eigenvalue weighted by molar-refractivity contribution is -0.115. The molecular weight excluding hydrogens is 238 g/mol. The Morgan fingerprint density at radius 3 is 2.67 bits per heavy atom. The van der Waals surface area contributed by atoms with Crippen LogP contribution >= 0.6 is 0 Å². The van der Waals surface area contributed by atoms with E-state index in [1.54, 1.807) is 13.8 Å². The Morgan fingerprint density at radius 1 is 1.39 bits per heavy atom. The molecule has 0 radical (unpaired) electrons. The Balaban J connectivity index is 2.30. The van der Waals surface area contributed by atoms with Gasteiger partial charge in [-0.3, -0.25) is 4.79 Å². The third-order valence-electron chi connectivity index (χ3n) is 2.83. The van der Waals surface area contributed by atoms with Crippen molar-refractivity contribution in [3.05, 3.63) is 29.3 Å². The zero-order valence-electron chi connectivity index (χ0n) is 10.4. The molecule has 0 bridgehead atoms. The Hall–Kier alpha value is -1.49. The van der Waals surface area contributed by atoms with Crippen molar-refractivity contribution >= 4 is 11.6 Å². The van der Waals surface area contributed by atoms with Crippen LogP contribution in [0.3, 0.4) is 0 Å². The number of nitrogens with one attached hydrogen (secondary N) is 1. The van der Waals surface area contributed by atoms with Crippen molar-refractivity contribution in [1.82, 2.24) is 0 Å². The van der Waals surface area contributed by atoms with Crippen LogP contribution in [0.2, 0.25) is 0 Å². The molecule has 0 fully saturated rings. The quantitative estimate of drug-likeness (QED) is 0.870. The minimum Gasteiger partial charge on any atom is -0.326 e. The van der Waals surface area contributed by atoms with Crippen LogP contribution < -0.4 is 11.1 Å². The lowest BCUT2D eigenvalue weighted by atomic mass is 9.92. The van der Waals surface area contributed by atoms with Crippen LogP contribution in [0.4, 0.5) is 14.5 Å². The predicted octanol–water partition coefficient (Wildman–Crippen LogP) is 2.40. The van der Waals surface area contributed by atoms with Crippen molar-refractivity contribution in [3.63, 3.8) is 0 Å². The molecule has 5 heteroatoms. The maximum Gasteiger partial charge on any atom is 0.275 e. The molecule has 98 valence electrons. The summed E-state index contributed by atoms with van der Waals surface area (Å²) in [7, 11) is 0. The van der Waals surface area contributed by atoms with Crippen molar-refractivity contribution in [1.29, 1.82) is 0 Å². The van der Waals surface area contributed by atoms with Gasteiger partial charge in [-0.15, -0.1) is 0 Å². The highest BCUT2D eigenvalue weighted by Gasteiger charge is 2.37. The van der Waals surface area contributed by atoms with E-state index in [0.29, 0.717) is 11.3 Å². The van der Waals surface area contributed by atoms with Crippen LogP contribution in [0.5, 0.6) is 0 Å². The number of nitrogens with two attached hydrogens (primary N) is 1. The van der Waals surface area contributed by atoms with Crippen LogP contribution in [-0.4, -0.2) is 11.4 Å². The summed E-state index contributed by atoms with van der Waals surface area (Å²) in [6.07, 6.45) is -0.272. The van der Waals surface area contributed by atoms with Crippen molar-refractivity contribution < 1.29 is 13.6 Å². The van der Waals surface area contributed by atoms with E-state index in [-0.39, 0.29) is 17.9 Å². The predicted molar refractivity (Wildman–Crippen MR) is 65.6 cm³/mol. The third-order valence-corrected chi connectivity index (χ3v) is 2.83. The second kappa shape index (κ2) is 4.02. The lowest BCUT2D eigenvalue weighted by Crippen LogP contribution is -2.38. The van der Waals surface area contributed by atoms with Gasteiger partial charge in [-0.2, -0.15) is 0 Å². The molecule has 18 heavy (non-hydrogen) atoms. The fraction of sp³-hybridized carbons (Fsp3) is 0.462. The van der Waals surface area contributed by atoms with Gasteiger partial charge < -0.3 is 11.1 Å². The smallest absolute Gasteiger partial charge is 0.275 e. The van der Waals surface area contributed by atoms with Gasteiger partial charge in [0.1, 0.15) is 0 Å². The molecule has 1 heterocycles. The van der Waals surface area contributed by atoms with Crippen LogP contribution in [-0.2, 0) is 17.1 Å². The molecule has 0 unspecified atom stereocenters. The SMILES string of the molecule is CC(C)(N)CC(F)(F)c1ccc2c(c1)CC(=O)N2. The van der Waals surface area contributed by atoms with Crippen LogP contribution in [0.15, 0.2) is 18.2 Å². The zero-order valence-corrected chi connectivity index (χ0v) is 10.4. The maximum absolute atomic E-state index is 14.0. The Labute approximate surface area is 104 Å². The topological polar surface area (TPSA) is 55.1 Å². The Bertz CT molecular complexity index is 492. The summed E-state index contributed by atoms with van der Waals surface area (Å²) in [4.78, 5) is 11.2. The molecule has 3 N–H and O–H groups in total. The number of rotatable bonds is 3. The van der Waals surface area contributed by atoms with Gasteiger partial charge in [0.15, 0.2) is 0 Å². The van der Waals surface area contributed by atoms with E-state index < -0.39 is 17.9 Å². The van der Waals surface area contributed by atoms with Gasteiger partial charge in [0.2, 0.25) is 5.91 Å². The minimum absolute atomic E-state index is 0.0868. The molecule has 0 aliphatic carbocycles. The summed E-state index contributed by atoms with van der Waals surface area (Å²) in [6.45, 7) is 3.14. The van der Waals surface area contributed by atoms with Gasteiger partial charge >= 0.3 is 0 Å². The number of amides is 1. The standard InChI is InChI=1S/C13H16F2N2O/c1-12(2,16)7-13(14,15)9-3-4-10-8(5-9)6-11(18)17-10/h3-5H,6-7,16H2,1-2H3,(H,17,18). The van der Waals surface area contributed by atoms with Crippen molar-refractivity contribution in [2.45, 2.75) is 38.2 Å². The van der Waals surface area contributed by atoms with Gasteiger partial charge in [0.25, 0.3) is 5.92 Å². The van der Waals surface area contributed by atoms with E-state index in [1.807, 2.05) is 0 Å². The molecule has 0 atom stereocenters. The molecule has 1 aliphatic rings. The van der Waals surface area contributed by atoms with E-state index in [1.165, 1.54) is 18.2 Å². The van der Waals surface area contributed by atoms with Crippen molar-refractivity contribution in [3.8, 4) is 0 Å². The van der Waals surface area contributed by atoms with E-state index in [0.717, 1.165) is 0 Å². The number of benzene rings is 1. The van der Waals surface area contributed by atoms with Crippen molar-refractivity contribution in [2.24, 2.45) is 5.73 Å². The number of carbonyl (C=O) groups is 1. The van der Waals surface area contributed by atoms with Gasteiger partial charge in [0, 0.05) is 23.2 Å². The molecular formula is C13H16F2N2O.